The number of carbonyl (C=O) groups is 2. The van der Waals surface area contributed by atoms with Crippen molar-refractivity contribution >= 4 is 46.7 Å². The molecule has 0 radical (unpaired) electrons. The van der Waals surface area contributed by atoms with Crippen molar-refractivity contribution in [1.82, 2.24) is 14.9 Å². The van der Waals surface area contributed by atoms with Crippen LogP contribution in [0.5, 0.6) is 0 Å². The van der Waals surface area contributed by atoms with Gasteiger partial charge in [0.25, 0.3) is 5.91 Å². The summed E-state index contributed by atoms with van der Waals surface area (Å²) in [6.45, 7) is 3.76. The average Bonchev–Trinajstić information content (AvgIpc) is 2.84. The summed E-state index contributed by atoms with van der Waals surface area (Å²) in [5.41, 5.74) is 1.18. The van der Waals surface area contributed by atoms with Gasteiger partial charge < -0.3 is 15.1 Å². The molecule has 0 saturated carbocycles. The van der Waals surface area contributed by atoms with Gasteiger partial charge in [0, 0.05) is 43.0 Å². The van der Waals surface area contributed by atoms with Crippen molar-refractivity contribution in [2.45, 2.75) is 18.1 Å². The number of amides is 2. The van der Waals surface area contributed by atoms with Gasteiger partial charge in [0.15, 0.2) is 5.16 Å². The molecule has 2 amide bonds. The van der Waals surface area contributed by atoms with Gasteiger partial charge in [0.2, 0.25) is 5.91 Å². The van der Waals surface area contributed by atoms with Crippen molar-refractivity contribution in [1.29, 1.82) is 0 Å². The topological polar surface area (TPSA) is 78.4 Å². The second-order valence-electron chi connectivity index (χ2n) is 7.83. The van der Waals surface area contributed by atoms with E-state index in [0.717, 1.165) is 11.8 Å². The first-order chi connectivity index (χ1) is 16.4. The lowest BCUT2D eigenvalue weighted by atomic mass is 10.1. The van der Waals surface area contributed by atoms with Gasteiger partial charge >= 0.3 is 0 Å². The van der Waals surface area contributed by atoms with Gasteiger partial charge in [-0.3, -0.25) is 9.59 Å². The Balaban J connectivity index is 1.37. The second kappa shape index (κ2) is 10.8. The molecule has 1 aliphatic rings. The summed E-state index contributed by atoms with van der Waals surface area (Å²) in [6.07, 6.45) is 0. The van der Waals surface area contributed by atoms with E-state index in [2.05, 4.69) is 20.2 Å². The van der Waals surface area contributed by atoms with E-state index in [1.807, 2.05) is 42.2 Å². The number of carbonyl (C=O) groups excluding carboxylic acids is 2. The zero-order chi connectivity index (χ0) is 24.1. The fourth-order valence-corrected chi connectivity index (χ4v) is 4.57. The maximum Gasteiger partial charge on any atom is 0.254 e. The van der Waals surface area contributed by atoms with Crippen LogP contribution >= 0.6 is 23.4 Å². The van der Waals surface area contributed by atoms with E-state index in [-0.39, 0.29) is 34.6 Å². The molecule has 2 heterocycles. The number of thioether (sulfide) groups is 1. The Labute approximate surface area is 206 Å². The van der Waals surface area contributed by atoms with Crippen LogP contribution in [0.15, 0.2) is 65.8 Å². The van der Waals surface area contributed by atoms with Crippen LogP contribution in [0.25, 0.3) is 0 Å². The maximum atomic E-state index is 13.0. The number of hydrogen-bond donors (Lipinski definition) is 1. The standard InChI is InChI=1S/C24H23ClFN5O2S/c1-16-14-30(11-12-31(16)23(33)17-5-3-2-4-6-17)21-13-20(25)28-24(29-21)34-15-22(32)27-19-9-7-18(26)8-10-19/h2-10,13,16H,11-12,14-15H2,1H3,(H,27,32). The number of nitrogens with zero attached hydrogens (tertiary/aromatic N) is 4. The number of halogens is 2. The maximum absolute atomic E-state index is 13.0. The van der Waals surface area contributed by atoms with E-state index < -0.39 is 0 Å². The number of nitrogens with one attached hydrogen (secondary N) is 1. The van der Waals surface area contributed by atoms with Crippen molar-refractivity contribution in [3.63, 3.8) is 0 Å². The fraction of sp³-hybridized carbons (Fsp3) is 0.250. The Morgan fingerprint density at radius 2 is 1.85 bits per heavy atom. The Hall–Kier alpha value is -3.17. The molecule has 1 aliphatic heterocycles. The summed E-state index contributed by atoms with van der Waals surface area (Å²) in [5, 5.41) is 3.37. The quantitative estimate of drug-likeness (QED) is 0.308. The lowest BCUT2D eigenvalue weighted by Crippen LogP contribution is -2.54. The number of piperazine rings is 1. The number of aromatic nitrogens is 2. The van der Waals surface area contributed by atoms with Gasteiger partial charge in [0.05, 0.1) is 5.75 Å². The van der Waals surface area contributed by atoms with Crippen LogP contribution in [0.2, 0.25) is 5.15 Å². The zero-order valence-corrected chi connectivity index (χ0v) is 20.0. The van der Waals surface area contributed by atoms with Gasteiger partial charge in [-0.1, -0.05) is 41.6 Å². The highest BCUT2D eigenvalue weighted by Gasteiger charge is 2.29. The molecule has 1 unspecified atom stereocenters. The highest BCUT2D eigenvalue weighted by Crippen LogP contribution is 2.25. The summed E-state index contributed by atoms with van der Waals surface area (Å²) in [6, 6.07) is 16.5. The molecule has 2 aromatic carbocycles. The van der Waals surface area contributed by atoms with Gasteiger partial charge in [-0.2, -0.15) is 0 Å². The molecule has 3 aromatic rings. The van der Waals surface area contributed by atoms with Crippen molar-refractivity contribution in [2.24, 2.45) is 0 Å². The molecule has 1 saturated heterocycles. The lowest BCUT2D eigenvalue weighted by Gasteiger charge is -2.40. The van der Waals surface area contributed by atoms with E-state index in [1.54, 1.807) is 6.07 Å². The van der Waals surface area contributed by atoms with Crippen molar-refractivity contribution < 1.29 is 14.0 Å². The van der Waals surface area contributed by atoms with Crippen LogP contribution in [-0.2, 0) is 4.79 Å². The van der Waals surface area contributed by atoms with E-state index in [9.17, 15) is 14.0 Å². The van der Waals surface area contributed by atoms with E-state index >= 15 is 0 Å². The largest absolute Gasteiger partial charge is 0.353 e. The molecule has 7 nitrogen and oxygen atoms in total. The second-order valence-corrected chi connectivity index (χ2v) is 9.16. The molecule has 4 rings (SSSR count). The van der Waals surface area contributed by atoms with E-state index in [0.29, 0.717) is 41.9 Å². The normalized spacial score (nSPS) is 15.8. The molecule has 0 aliphatic carbocycles. The average molecular weight is 500 g/mol. The van der Waals surface area contributed by atoms with E-state index in [1.165, 1.54) is 24.3 Å². The minimum Gasteiger partial charge on any atom is -0.353 e. The number of benzene rings is 2. The van der Waals surface area contributed by atoms with Crippen LogP contribution in [0.3, 0.4) is 0 Å². The third kappa shape index (κ3) is 6.03. The van der Waals surface area contributed by atoms with Gasteiger partial charge in [-0.15, -0.1) is 0 Å². The smallest absolute Gasteiger partial charge is 0.254 e. The monoisotopic (exact) mass is 499 g/mol. The molecule has 1 fully saturated rings. The number of hydrogen-bond acceptors (Lipinski definition) is 6. The van der Waals surface area contributed by atoms with Crippen molar-refractivity contribution in [2.75, 3.05) is 35.6 Å². The molecule has 1 aromatic heterocycles. The Bertz CT molecular complexity index is 1170. The summed E-state index contributed by atoms with van der Waals surface area (Å²) in [5.74, 6) is 0.111. The first-order valence-corrected chi connectivity index (χ1v) is 12.1. The highest BCUT2D eigenvalue weighted by atomic mass is 35.5. The van der Waals surface area contributed by atoms with Crippen LogP contribution in [-0.4, -0.2) is 58.1 Å². The van der Waals surface area contributed by atoms with Crippen LogP contribution < -0.4 is 10.2 Å². The molecule has 0 bridgehead atoms. The minimum absolute atomic E-state index is 0.0110. The first-order valence-electron chi connectivity index (χ1n) is 10.7. The third-order valence-corrected chi connectivity index (χ3v) is 6.40. The van der Waals surface area contributed by atoms with Gasteiger partial charge in [-0.05, 0) is 43.3 Å². The molecule has 176 valence electrons. The minimum atomic E-state index is -0.369. The third-order valence-electron chi connectivity index (χ3n) is 5.35. The summed E-state index contributed by atoms with van der Waals surface area (Å²) < 4.78 is 13.0. The predicted octanol–water partition coefficient (Wildman–Crippen LogP) is 4.35. The summed E-state index contributed by atoms with van der Waals surface area (Å²) >= 11 is 7.40. The van der Waals surface area contributed by atoms with Gasteiger partial charge in [-0.25, -0.2) is 14.4 Å². The van der Waals surface area contributed by atoms with E-state index in [4.69, 9.17) is 11.6 Å². The van der Waals surface area contributed by atoms with Gasteiger partial charge in [0.1, 0.15) is 16.8 Å². The Kier molecular flexibility index (Phi) is 7.64. The molecular formula is C24H23ClFN5O2S. The molecular weight excluding hydrogens is 477 g/mol. The highest BCUT2D eigenvalue weighted by molar-refractivity contribution is 7.99. The fourth-order valence-electron chi connectivity index (χ4n) is 3.69. The molecule has 34 heavy (non-hydrogen) atoms. The molecule has 1 N–H and O–H groups in total. The summed E-state index contributed by atoms with van der Waals surface area (Å²) in [4.78, 5) is 37.8. The van der Waals surface area contributed by atoms with Crippen LogP contribution in [0.4, 0.5) is 15.9 Å². The predicted molar refractivity (Wildman–Crippen MR) is 132 cm³/mol. The number of anilines is 2. The lowest BCUT2D eigenvalue weighted by molar-refractivity contribution is -0.113. The Morgan fingerprint density at radius 1 is 1.12 bits per heavy atom. The SMILES string of the molecule is CC1CN(c2cc(Cl)nc(SCC(=O)Nc3ccc(F)cc3)n2)CCN1C(=O)c1ccccc1. The molecule has 1 atom stereocenters. The van der Waals surface area contributed by atoms with Crippen molar-refractivity contribution in [3.8, 4) is 0 Å². The zero-order valence-electron chi connectivity index (χ0n) is 18.4. The van der Waals surface area contributed by atoms with Crippen LogP contribution in [0, 0.1) is 5.82 Å². The van der Waals surface area contributed by atoms with Crippen molar-refractivity contribution in [3.05, 3.63) is 77.2 Å². The summed E-state index contributed by atoms with van der Waals surface area (Å²) in [7, 11) is 0. The first kappa shape index (κ1) is 24.0. The molecule has 0 spiro atoms. The molecule has 10 heteroatoms. The Morgan fingerprint density at radius 3 is 2.56 bits per heavy atom. The number of rotatable bonds is 6. The van der Waals surface area contributed by atoms with Crippen LogP contribution in [0.1, 0.15) is 17.3 Å².